The number of hydrogen-bond acceptors (Lipinski definition) is 3. The minimum absolute atomic E-state index is 0. The van der Waals surface area contributed by atoms with Gasteiger partial charge in [0.2, 0.25) is 5.91 Å². The third-order valence-corrected chi connectivity index (χ3v) is 6.34. The molecular weight excluding hydrogens is 406 g/mol. The van der Waals surface area contributed by atoms with Gasteiger partial charge < -0.3 is 9.80 Å². The molecule has 1 saturated heterocycles. The second-order valence-corrected chi connectivity index (χ2v) is 9.29. The van der Waals surface area contributed by atoms with E-state index in [2.05, 4.69) is 93.0 Å². The first-order valence-electron chi connectivity index (χ1n) is 10.9. The quantitative estimate of drug-likeness (QED) is 0.667. The molecule has 0 spiro atoms. The van der Waals surface area contributed by atoms with Gasteiger partial charge in [0.05, 0.1) is 17.8 Å². The second-order valence-electron chi connectivity index (χ2n) is 9.29. The maximum absolute atomic E-state index is 13.6. The summed E-state index contributed by atoms with van der Waals surface area (Å²) in [6.07, 6.45) is 2.24. The molecule has 2 aliphatic heterocycles. The largest absolute Gasteiger partial charge is 0.369 e. The highest BCUT2D eigenvalue weighted by Gasteiger charge is 2.37. The molecule has 0 bridgehead atoms. The molecule has 31 heavy (non-hydrogen) atoms. The lowest BCUT2D eigenvalue weighted by atomic mass is 9.86. The average Bonchev–Trinajstić information content (AvgIpc) is 2.69. The maximum atomic E-state index is 13.6. The van der Waals surface area contributed by atoms with Gasteiger partial charge in [-0.25, -0.2) is 0 Å². The Labute approximate surface area is 192 Å². The molecule has 4 nitrogen and oxygen atoms in total. The average molecular weight is 440 g/mol. The van der Waals surface area contributed by atoms with Gasteiger partial charge in [0, 0.05) is 37.4 Å². The SMILES string of the molecule is CC1=CC(C)(C)N(C(=O)CN2CCN(c3ccccc3)CC2)c2c(C)cc(C)cc21.Cl. The van der Waals surface area contributed by atoms with Crippen molar-refractivity contribution in [1.82, 2.24) is 4.90 Å². The Morgan fingerprint density at radius 1 is 0.968 bits per heavy atom. The summed E-state index contributed by atoms with van der Waals surface area (Å²) in [4.78, 5) is 20.3. The number of carbonyl (C=O) groups is 1. The standard InChI is InChI=1S/C26H33N3O.ClH/c1-19-15-20(2)25-23(16-19)21(3)17-26(4,5)29(25)24(30)18-27-11-13-28(14-12-27)22-9-7-6-8-10-22;/h6-10,15-17H,11-14,18H2,1-5H3;1H. The van der Waals surface area contributed by atoms with Gasteiger partial charge in [-0.1, -0.05) is 35.9 Å². The molecule has 166 valence electrons. The number of piperazine rings is 1. The summed E-state index contributed by atoms with van der Waals surface area (Å²) >= 11 is 0. The van der Waals surface area contributed by atoms with Gasteiger partial charge in [0.25, 0.3) is 0 Å². The first-order chi connectivity index (χ1) is 14.3. The van der Waals surface area contributed by atoms with E-state index in [-0.39, 0.29) is 23.9 Å². The molecule has 2 aromatic carbocycles. The van der Waals surface area contributed by atoms with Gasteiger partial charge in [0.1, 0.15) is 0 Å². The fourth-order valence-electron chi connectivity index (χ4n) is 5.03. The van der Waals surface area contributed by atoms with E-state index in [0.29, 0.717) is 6.54 Å². The van der Waals surface area contributed by atoms with Crippen LogP contribution in [0.15, 0.2) is 48.5 Å². The van der Waals surface area contributed by atoms with Gasteiger partial charge in [-0.05, 0) is 64.0 Å². The van der Waals surface area contributed by atoms with Crippen molar-refractivity contribution in [3.05, 3.63) is 65.2 Å². The van der Waals surface area contributed by atoms with Crippen LogP contribution in [0.25, 0.3) is 5.57 Å². The highest BCUT2D eigenvalue weighted by Crippen LogP contribution is 2.41. The summed E-state index contributed by atoms with van der Waals surface area (Å²) < 4.78 is 0. The second kappa shape index (κ2) is 9.05. The van der Waals surface area contributed by atoms with Crippen molar-refractivity contribution in [2.75, 3.05) is 42.5 Å². The van der Waals surface area contributed by atoms with Crippen LogP contribution in [0.1, 0.15) is 37.5 Å². The Balaban J connectivity index is 0.00000272. The van der Waals surface area contributed by atoms with Crippen LogP contribution in [-0.2, 0) is 4.79 Å². The number of fused-ring (bicyclic) bond motifs is 1. The lowest BCUT2D eigenvalue weighted by Crippen LogP contribution is -2.55. The molecule has 0 unspecified atom stereocenters. The van der Waals surface area contributed by atoms with Gasteiger partial charge in [-0.2, -0.15) is 0 Å². The normalized spacial score (nSPS) is 18.2. The van der Waals surface area contributed by atoms with Gasteiger partial charge in [-0.15, -0.1) is 12.4 Å². The summed E-state index contributed by atoms with van der Waals surface area (Å²) in [7, 11) is 0. The van der Waals surface area contributed by atoms with Crippen molar-refractivity contribution in [3.8, 4) is 0 Å². The van der Waals surface area contributed by atoms with Crippen molar-refractivity contribution in [2.24, 2.45) is 0 Å². The van der Waals surface area contributed by atoms with Crippen molar-refractivity contribution in [2.45, 2.75) is 40.2 Å². The van der Waals surface area contributed by atoms with Gasteiger partial charge in [-0.3, -0.25) is 9.69 Å². The lowest BCUT2D eigenvalue weighted by molar-refractivity contribution is -0.120. The monoisotopic (exact) mass is 439 g/mol. The number of carbonyl (C=O) groups excluding carboxylic acids is 1. The fourth-order valence-corrected chi connectivity index (χ4v) is 5.03. The van der Waals surface area contributed by atoms with Gasteiger partial charge in [0.15, 0.2) is 0 Å². The van der Waals surface area contributed by atoms with Crippen LogP contribution in [0.2, 0.25) is 0 Å². The number of benzene rings is 2. The summed E-state index contributed by atoms with van der Waals surface area (Å²) in [5, 5.41) is 0. The number of anilines is 2. The number of allylic oxidation sites excluding steroid dienone is 1. The molecule has 0 radical (unpaired) electrons. The number of hydrogen-bond donors (Lipinski definition) is 0. The number of amides is 1. The third kappa shape index (κ3) is 4.65. The van der Waals surface area contributed by atoms with E-state index in [9.17, 15) is 4.79 Å². The minimum atomic E-state index is -0.333. The van der Waals surface area contributed by atoms with Gasteiger partial charge >= 0.3 is 0 Å². The fraction of sp³-hybridized carbons (Fsp3) is 0.423. The molecule has 2 heterocycles. The summed E-state index contributed by atoms with van der Waals surface area (Å²) in [5.41, 5.74) is 6.87. The van der Waals surface area contributed by atoms with Crippen LogP contribution < -0.4 is 9.80 Å². The zero-order chi connectivity index (χ0) is 21.5. The van der Waals surface area contributed by atoms with E-state index in [4.69, 9.17) is 0 Å². The van der Waals surface area contributed by atoms with Crippen LogP contribution in [0, 0.1) is 13.8 Å². The Morgan fingerprint density at radius 2 is 1.61 bits per heavy atom. The van der Waals surface area contributed by atoms with Crippen molar-refractivity contribution in [1.29, 1.82) is 0 Å². The van der Waals surface area contributed by atoms with Crippen molar-refractivity contribution in [3.63, 3.8) is 0 Å². The molecule has 0 aromatic heterocycles. The Morgan fingerprint density at radius 3 is 2.26 bits per heavy atom. The third-order valence-electron chi connectivity index (χ3n) is 6.34. The van der Waals surface area contributed by atoms with E-state index < -0.39 is 0 Å². The smallest absolute Gasteiger partial charge is 0.241 e. The Hall–Kier alpha value is -2.30. The topological polar surface area (TPSA) is 26.8 Å². The first-order valence-corrected chi connectivity index (χ1v) is 10.9. The number of halogens is 1. The molecule has 4 rings (SSSR count). The summed E-state index contributed by atoms with van der Waals surface area (Å²) in [5.74, 6) is 0.185. The highest BCUT2D eigenvalue weighted by molar-refractivity contribution is 6.02. The predicted octanol–water partition coefficient (Wildman–Crippen LogP) is 5.08. The first kappa shape index (κ1) is 23.4. The molecule has 0 saturated carbocycles. The molecule has 1 fully saturated rings. The molecule has 0 N–H and O–H groups in total. The number of rotatable bonds is 3. The maximum Gasteiger partial charge on any atom is 0.241 e. The molecule has 1 amide bonds. The Bertz CT molecular complexity index is 976. The number of nitrogens with zero attached hydrogens (tertiary/aromatic N) is 3. The van der Waals surface area contributed by atoms with E-state index in [0.717, 1.165) is 31.9 Å². The molecule has 2 aliphatic rings. The zero-order valence-electron chi connectivity index (χ0n) is 19.3. The zero-order valence-corrected chi connectivity index (χ0v) is 20.1. The number of aryl methyl sites for hydroxylation is 2. The van der Waals surface area contributed by atoms with Crippen LogP contribution in [0.3, 0.4) is 0 Å². The molecule has 0 atom stereocenters. The van der Waals surface area contributed by atoms with E-state index in [1.165, 1.54) is 28.0 Å². The molecule has 2 aromatic rings. The minimum Gasteiger partial charge on any atom is -0.369 e. The lowest BCUT2D eigenvalue weighted by Gasteiger charge is -2.44. The molecule has 5 heteroatoms. The summed E-state index contributed by atoms with van der Waals surface area (Å²) in [6, 6.07) is 14.9. The van der Waals surface area contributed by atoms with E-state index >= 15 is 0 Å². The van der Waals surface area contributed by atoms with Crippen LogP contribution >= 0.6 is 12.4 Å². The molecule has 0 aliphatic carbocycles. The van der Waals surface area contributed by atoms with Crippen molar-refractivity contribution >= 4 is 35.3 Å². The van der Waals surface area contributed by atoms with Crippen molar-refractivity contribution < 1.29 is 4.79 Å². The summed E-state index contributed by atoms with van der Waals surface area (Å²) in [6.45, 7) is 14.9. The highest BCUT2D eigenvalue weighted by atomic mass is 35.5. The van der Waals surface area contributed by atoms with Crippen LogP contribution in [-0.4, -0.2) is 49.1 Å². The molecular formula is C26H34ClN3O. The predicted molar refractivity (Wildman–Crippen MR) is 133 cm³/mol. The van der Waals surface area contributed by atoms with E-state index in [1.54, 1.807) is 0 Å². The van der Waals surface area contributed by atoms with Crippen LogP contribution in [0.4, 0.5) is 11.4 Å². The number of para-hydroxylation sites is 1. The van der Waals surface area contributed by atoms with Crippen LogP contribution in [0.5, 0.6) is 0 Å². The van der Waals surface area contributed by atoms with E-state index in [1.807, 2.05) is 4.90 Å². The Kier molecular flexibility index (Phi) is 6.82.